The summed E-state index contributed by atoms with van der Waals surface area (Å²) in [4.78, 5) is 14.7. The molecule has 0 saturated heterocycles. The van der Waals surface area contributed by atoms with E-state index in [1.54, 1.807) is 11.8 Å². The van der Waals surface area contributed by atoms with Gasteiger partial charge in [-0.1, -0.05) is 11.8 Å². The monoisotopic (exact) mass is 185 g/mol. The van der Waals surface area contributed by atoms with E-state index in [-0.39, 0.29) is 0 Å². The molecule has 1 atom stereocenters. The molecule has 0 saturated carbocycles. The van der Waals surface area contributed by atoms with E-state index in [1.807, 2.05) is 0 Å². The molecule has 0 fully saturated rings. The van der Waals surface area contributed by atoms with Crippen LogP contribution in [0.4, 0.5) is 0 Å². The van der Waals surface area contributed by atoms with E-state index in [1.165, 1.54) is 11.0 Å². The highest BCUT2D eigenvalue weighted by Crippen LogP contribution is 2.28. The Morgan fingerprint density at radius 1 is 1.83 bits per heavy atom. The van der Waals surface area contributed by atoms with Crippen molar-refractivity contribution in [3.05, 3.63) is 6.33 Å². The lowest BCUT2D eigenvalue weighted by Gasteiger charge is -2.18. The third-order valence-electron chi connectivity index (χ3n) is 1.74. The maximum atomic E-state index is 10.7. The number of carboxylic acids is 1. The minimum atomic E-state index is -0.831. The average Bonchev–Trinajstić information content (AvgIpc) is 2.49. The summed E-state index contributed by atoms with van der Waals surface area (Å²) < 4.78 is 1.47. The van der Waals surface area contributed by atoms with Crippen LogP contribution >= 0.6 is 11.8 Å². The highest BCUT2D eigenvalue weighted by molar-refractivity contribution is 7.99. The lowest BCUT2D eigenvalue weighted by molar-refractivity contribution is -0.141. The molecule has 0 aliphatic carbocycles. The molecule has 64 valence electrons. The third kappa shape index (κ3) is 1.08. The summed E-state index contributed by atoms with van der Waals surface area (Å²) in [5, 5.41) is 13.4. The Morgan fingerprint density at radius 3 is 3.42 bits per heavy atom. The first-order valence-corrected chi connectivity index (χ1v) is 4.52. The van der Waals surface area contributed by atoms with Crippen LogP contribution < -0.4 is 0 Å². The van der Waals surface area contributed by atoms with Gasteiger partial charge in [-0.05, 0) is 6.42 Å². The lowest BCUT2D eigenvalue weighted by atomic mass is 10.2. The molecule has 2 heterocycles. The van der Waals surface area contributed by atoms with E-state index < -0.39 is 12.0 Å². The fraction of sp³-hybridized carbons (Fsp3) is 0.500. The SMILES string of the molecule is O=C(O)C1CCSc2ncnn21. The van der Waals surface area contributed by atoms with Crippen LogP contribution in [0.2, 0.25) is 0 Å². The summed E-state index contributed by atoms with van der Waals surface area (Å²) in [6.07, 6.45) is 2.01. The summed E-state index contributed by atoms with van der Waals surface area (Å²) in [6, 6.07) is -0.524. The predicted octanol–water partition coefficient (Wildman–Crippen LogP) is 0.400. The van der Waals surface area contributed by atoms with Crippen LogP contribution in [0.15, 0.2) is 11.5 Å². The number of rotatable bonds is 1. The second-order valence-electron chi connectivity index (χ2n) is 2.48. The summed E-state index contributed by atoms with van der Waals surface area (Å²) in [6.45, 7) is 0. The predicted molar refractivity (Wildman–Crippen MR) is 42.0 cm³/mol. The van der Waals surface area contributed by atoms with Crippen LogP contribution in [0.1, 0.15) is 12.5 Å². The van der Waals surface area contributed by atoms with Crippen molar-refractivity contribution < 1.29 is 9.90 Å². The Balaban J connectivity index is 2.37. The standard InChI is InChI=1S/C6H7N3O2S/c10-5(11)4-1-2-12-6-7-3-8-9(4)6/h3-4H,1-2H2,(H,10,11). The van der Waals surface area contributed by atoms with Gasteiger partial charge in [0.15, 0.2) is 11.2 Å². The van der Waals surface area contributed by atoms with Gasteiger partial charge in [0, 0.05) is 5.75 Å². The average molecular weight is 185 g/mol. The van der Waals surface area contributed by atoms with Crippen LogP contribution in [0.5, 0.6) is 0 Å². The summed E-state index contributed by atoms with van der Waals surface area (Å²) in [5.41, 5.74) is 0. The van der Waals surface area contributed by atoms with E-state index in [2.05, 4.69) is 10.1 Å². The van der Waals surface area contributed by atoms with Crippen LogP contribution in [-0.4, -0.2) is 31.6 Å². The van der Waals surface area contributed by atoms with Crippen LogP contribution in [0.25, 0.3) is 0 Å². The molecular formula is C6H7N3O2S. The number of carbonyl (C=O) groups is 1. The maximum Gasteiger partial charge on any atom is 0.328 e. The molecule has 0 aromatic carbocycles. The van der Waals surface area contributed by atoms with Crippen molar-refractivity contribution in [3.8, 4) is 0 Å². The molecule has 5 nitrogen and oxygen atoms in total. The molecule has 6 heteroatoms. The summed E-state index contributed by atoms with van der Waals surface area (Å²) in [7, 11) is 0. The lowest BCUT2D eigenvalue weighted by Crippen LogP contribution is -2.24. The van der Waals surface area contributed by atoms with Gasteiger partial charge in [0.1, 0.15) is 6.33 Å². The highest BCUT2D eigenvalue weighted by Gasteiger charge is 2.27. The van der Waals surface area contributed by atoms with Gasteiger partial charge < -0.3 is 5.11 Å². The fourth-order valence-electron chi connectivity index (χ4n) is 1.17. The molecule has 0 spiro atoms. The molecule has 1 aromatic rings. The van der Waals surface area contributed by atoms with Crippen LogP contribution in [-0.2, 0) is 4.79 Å². The second-order valence-corrected chi connectivity index (χ2v) is 3.54. The van der Waals surface area contributed by atoms with E-state index in [0.717, 1.165) is 5.75 Å². The van der Waals surface area contributed by atoms with Gasteiger partial charge in [0.05, 0.1) is 0 Å². The molecular weight excluding hydrogens is 178 g/mol. The van der Waals surface area contributed by atoms with Crippen molar-refractivity contribution in [2.45, 2.75) is 17.6 Å². The first-order valence-electron chi connectivity index (χ1n) is 3.54. The molecule has 2 rings (SSSR count). The van der Waals surface area contributed by atoms with Crippen molar-refractivity contribution in [2.24, 2.45) is 0 Å². The molecule has 1 aliphatic heterocycles. The van der Waals surface area contributed by atoms with Crippen molar-refractivity contribution in [1.29, 1.82) is 0 Å². The fourth-order valence-corrected chi connectivity index (χ4v) is 2.12. The number of aromatic nitrogens is 3. The second kappa shape index (κ2) is 2.78. The molecule has 0 radical (unpaired) electrons. The van der Waals surface area contributed by atoms with Crippen molar-refractivity contribution in [1.82, 2.24) is 14.8 Å². The number of hydrogen-bond donors (Lipinski definition) is 1. The smallest absolute Gasteiger partial charge is 0.328 e. The molecule has 0 amide bonds. The molecule has 1 unspecified atom stereocenters. The number of fused-ring (bicyclic) bond motifs is 1. The maximum absolute atomic E-state index is 10.7. The van der Waals surface area contributed by atoms with E-state index in [9.17, 15) is 4.79 Å². The van der Waals surface area contributed by atoms with Gasteiger partial charge in [0.25, 0.3) is 0 Å². The van der Waals surface area contributed by atoms with Crippen LogP contribution in [0.3, 0.4) is 0 Å². The number of hydrogen-bond acceptors (Lipinski definition) is 4. The first-order chi connectivity index (χ1) is 5.79. The number of thioether (sulfide) groups is 1. The number of carboxylic acid groups (broad SMARTS) is 1. The van der Waals surface area contributed by atoms with E-state index in [0.29, 0.717) is 11.6 Å². The minimum Gasteiger partial charge on any atom is -0.480 e. The first kappa shape index (κ1) is 7.60. The van der Waals surface area contributed by atoms with Gasteiger partial charge in [-0.2, -0.15) is 5.10 Å². The van der Waals surface area contributed by atoms with Crippen molar-refractivity contribution in [3.63, 3.8) is 0 Å². The van der Waals surface area contributed by atoms with E-state index >= 15 is 0 Å². The summed E-state index contributed by atoms with van der Waals surface area (Å²) >= 11 is 1.54. The largest absolute Gasteiger partial charge is 0.480 e. The van der Waals surface area contributed by atoms with Gasteiger partial charge in [-0.25, -0.2) is 14.5 Å². The zero-order valence-corrected chi connectivity index (χ0v) is 6.99. The van der Waals surface area contributed by atoms with E-state index in [4.69, 9.17) is 5.11 Å². The van der Waals surface area contributed by atoms with Gasteiger partial charge in [-0.3, -0.25) is 0 Å². The van der Waals surface area contributed by atoms with Crippen molar-refractivity contribution >= 4 is 17.7 Å². The Bertz CT molecular complexity index is 311. The number of aliphatic carboxylic acids is 1. The van der Waals surface area contributed by atoms with Gasteiger partial charge in [-0.15, -0.1) is 0 Å². The topological polar surface area (TPSA) is 68.0 Å². The Morgan fingerprint density at radius 2 is 2.67 bits per heavy atom. The Kier molecular flexibility index (Phi) is 1.76. The summed E-state index contributed by atoms with van der Waals surface area (Å²) in [5.74, 6) is -0.0302. The Labute approximate surface area is 72.8 Å². The minimum absolute atomic E-state index is 0.524. The zero-order valence-electron chi connectivity index (χ0n) is 6.17. The highest BCUT2D eigenvalue weighted by atomic mass is 32.2. The Hall–Kier alpha value is -1.04. The van der Waals surface area contributed by atoms with Crippen LogP contribution in [0, 0.1) is 0 Å². The normalized spacial score (nSPS) is 21.8. The van der Waals surface area contributed by atoms with Gasteiger partial charge >= 0.3 is 5.97 Å². The zero-order chi connectivity index (χ0) is 8.55. The molecule has 1 N–H and O–H groups in total. The molecule has 1 aromatic heterocycles. The third-order valence-corrected chi connectivity index (χ3v) is 2.73. The van der Waals surface area contributed by atoms with Gasteiger partial charge in [0.2, 0.25) is 0 Å². The molecule has 1 aliphatic rings. The molecule has 0 bridgehead atoms. The van der Waals surface area contributed by atoms with Crippen molar-refractivity contribution in [2.75, 3.05) is 5.75 Å². The molecule has 12 heavy (non-hydrogen) atoms. The quantitative estimate of drug-likeness (QED) is 0.685. The number of nitrogens with zero attached hydrogens (tertiary/aromatic N) is 3.